The zero-order valence-electron chi connectivity index (χ0n) is 35.3. The summed E-state index contributed by atoms with van der Waals surface area (Å²) in [4.78, 5) is 35.5. The van der Waals surface area contributed by atoms with E-state index in [1.54, 1.807) is 0 Å². The number of hydrogen-bond donors (Lipinski definition) is 6. The third kappa shape index (κ3) is 27.5. The van der Waals surface area contributed by atoms with Gasteiger partial charge in [-0.25, -0.2) is 4.57 Å². The lowest BCUT2D eigenvalue weighted by molar-refractivity contribution is -0.220. The van der Waals surface area contributed by atoms with E-state index in [0.717, 1.165) is 70.6 Å². The number of esters is 2. The minimum absolute atomic E-state index is 0.0347. The highest BCUT2D eigenvalue weighted by molar-refractivity contribution is 7.47. The molecule has 0 aromatic rings. The number of aliphatic hydroxyl groups excluding tert-OH is 5. The smallest absolute Gasteiger partial charge is 0.462 e. The minimum Gasteiger partial charge on any atom is -0.462 e. The van der Waals surface area contributed by atoms with Gasteiger partial charge < -0.3 is 39.9 Å². The molecule has 1 fully saturated rings. The monoisotopic (exact) mass is 852 g/mol. The number of aliphatic hydroxyl groups is 5. The number of ether oxygens (including phenoxy) is 2. The SMILES string of the molecule is CC/C=C\C/C=C\C/C=C\C/C=C\C/C=C\C/C=C\CCC(=O)OC(COC(=O)CCCCCCC/C=C\CCCC)COP(=O)(O)OC1C(O)C(O)C(O)C(O)C1O. The van der Waals surface area contributed by atoms with Gasteiger partial charge in [0, 0.05) is 12.8 Å². The first kappa shape index (κ1) is 54.0. The second kappa shape index (κ2) is 34.7. The van der Waals surface area contributed by atoms with Crippen LogP contribution in [-0.2, 0) is 32.7 Å². The van der Waals surface area contributed by atoms with Crippen molar-refractivity contribution in [1.82, 2.24) is 0 Å². The molecule has 0 aromatic heterocycles. The van der Waals surface area contributed by atoms with Gasteiger partial charge in [0.2, 0.25) is 0 Å². The highest BCUT2D eigenvalue weighted by Gasteiger charge is 2.51. The number of allylic oxidation sites excluding steroid dienone is 14. The van der Waals surface area contributed by atoms with Gasteiger partial charge >= 0.3 is 19.8 Å². The first-order valence-electron chi connectivity index (χ1n) is 21.4. The van der Waals surface area contributed by atoms with E-state index in [9.17, 15) is 44.6 Å². The number of carbonyl (C=O) groups is 2. The average Bonchev–Trinajstić information content (AvgIpc) is 3.21. The van der Waals surface area contributed by atoms with Crippen LogP contribution in [0.1, 0.15) is 129 Å². The Bertz CT molecular complexity index is 1360. The standard InChI is InChI=1S/C45H73O13P/c1-3-5-7-9-11-13-15-16-17-18-19-20-21-22-24-26-28-30-32-34-39(47)57-37(35-55-38(46)33-31-29-27-25-23-14-12-10-8-6-4-2)36-56-59(53,54)58-45-43(51)41(49)40(48)42(50)44(45)52/h5,7,10-13,16-17,19-20,22,24,28,30,37,40-45,48-52H,3-4,6,8-9,14-15,18,21,23,25-27,29,31-36H2,1-2H3,(H,53,54)/b7-5-,12-10-,13-11-,17-16-,20-19-,24-22-,30-28-. The lowest BCUT2D eigenvalue weighted by Crippen LogP contribution is -2.64. The highest BCUT2D eigenvalue weighted by atomic mass is 31.2. The van der Waals surface area contributed by atoms with Crippen LogP contribution in [0.4, 0.5) is 0 Å². The molecule has 1 aliphatic rings. The number of unbranched alkanes of at least 4 members (excludes halogenated alkanes) is 7. The molecule has 0 aliphatic heterocycles. The molecule has 1 saturated carbocycles. The van der Waals surface area contributed by atoms with Crippen LogP contribution in [-0.4, -0.2) is 98.3 Å². The fraction of sp³-hybridized carbons (Fsp3) is 0.644. The predicted octanol–water partition coefficient (Wildman–Crippen LogP) is 7.72. The van der Waals surface area contributed by atoms with Gasteiger partial charge in [0.15, 0.2) is 6.10 Å². The fourth-order valence-electron chi connectivity index (χ4n) is 5.76. The molecule has 0 heterocycles. The van der Waals surface area contributed by atoms with Crippen LogP contribution < -0.4 is 0 Å². The van der Waals surface area contributed by atoms with Crippen LogP contribution in [0.15, 0.2) is 85.1 Å². The average molecular weight is 853 g/mol. The second-order valence-corrected chi connectivity index (χ2v) is 15.9. The maximum Gasteiger partial charge on any atom is 0.472 e. The normalized spacial score (nSPS) is 23.2. The maximum absolute atomic E-state index is 12.8. The first-order chi connectivity index (χ1) is 28.4. The van der Waals surface area contributed by atoms with Gasteiger partial charge in [0.25, 0.3) is 0 Å². The van der Waals surface area contributed by atoms with E-state index >= 15 is 0 Å². The summed E-state index contributed by atoms with van der Waals surface area (Å²) in [6.07, 6.45) is 30.9. The molecule has 0 spiro atoms. The summed E-state index contributed by atoms with van der Waals surface area (Å²) in [5.74, 6) is -1.22. The number of carbonyl (C=O) groups excluding carboxylic acids is 2. The fourth-order valence-corrected chi connectivity index (χ4v) is 6.73. The molecule has 1 rings (SSSR count). The Morgan fingerprint density at radius 2 is 1.00 bits per heavy atom. The van der Waals surface area contributed by atoms with Crippen molar-refractivity contribution in [2.75, 3.05) is 13.2 Å². The van der Waals surface area contributed by atoms with Crippen molar-refractivity contribution in [3.8, 4) is 0 Å². The molecule has 59 heavy (non-hydrogen) atoms. The van der Waals surface area contributed by atoms with Gasteiger partial charge in [-0.3, -0.25) is 18.6 Å². The molecule has 13 nitrogen and oxygen atoms in total. The summed E-state index contributed by atoms with van der Waals surface area (Å²) in [5, 5.41) is 50.0. The van der Waals surface area contributed by atoms with Gasteiger partial charge in [0.05, 0.1) is 6.61 Å². The Morgan fingerprint density at radius 3 is 1.54 bits per heavy atom. The Kier molecular flexibility index (Phi) is 31.8. The zero-order chi connectivity index (χ0) is 43.6. The van der Waals surface area contributed by atoms with Crippen molar-refractivity contribution in [1.29, 1.82) is 0 Å². The Balaban J connectivity index is 2.56. The largest absolute Gasteiger partial charge is 0.472 e. The van der Waals surface area contributed by atoms with Crippen molar-refractivity contribution in [2.45, 2.75) is 172 Å². The molecule has 6 atom stereocenters. The van der Waals surface area contributed by atoms with Crippen LogP contribution >= 0.6 is 7.82 Å². The third-order valence-corrected chi connectivity index (χ3v) is 10.2. The number of rotatable bonds is 33. The Hall–Kier alpha value is -2.97. The predicted molar refractivity (Wildman–Crippen MR) is 230 cm³/mol. The molecule has 0 radical (unpaired) electrons. The van der Waals surface area contributed by atoms with Crippen LogP contribution in [0.5, 0.6) is 0 Å². The van der Waals surface area contributed by atoms with Crippen LogP contribution in [0.2, 0.25) is 0 Å². The van der Waals surface area contributed by atoms with Crippen molar-refractivity contribution in [3.63, 3.8) is 0 Å². The number of hydrogen-bond acceptors (Lipinski definition) is 12. The van der Waals surface area contributed by atoms with E-state index in [-0.39, 0.29) is 12.8 Å². The summed E-state index contributed by atoms with van der Waals surface area (Å²) < 4.78 is 33.3. The quantitative estimate of drug-likeness (QED) is 0.0162. The third-order valence-electron chi connectivity index (χ3n) is 9.23. The summed E-state index contributed by atoms with van der Waals surface area (Å²) in [6, 6.07) is 0. The van der Waals surface area contributed by atoms with Crippen molar-refractivity contribution < 1.29 is 63.1 Å². The minimum atomic E-state index is -5.14. The highest BCUT2D eigenvalue weighted by Crippen LogP contribution is 2.47. The molecule has 6 unspecified atom stereocenters. The number of phosphoric ester groups is 1. The lowest BCUT2D eigenvalue weighted by Gasteiger charge is -2.41. The van der Waals surface area contributed by atoms with Gasteiger partial charge in [-0.2, -0.15) is 0 Å². The van der Waals surface area contributed by atoms with E-state index in [0.29, 0.717) is 19.3 Å². The molecular weight excluding hydrogens is 779 g/mol. The van der Waals surface area contributed by atoms with Gasteiger partial charge in [0.1, 0.15) is 43.2 Å². The first-order valence-corrected chi connectivity index (χ1v) is 22.9. The van der Waals surface area contributed by atoms with E-state index < -0.39 is 75.7 Å². The Morgan fingerprint density at radius 1 is 0.542 bits per heavy atom. The second-order valence-electron chi connectivity index (χ2n) is 14.5. The van der Waals surface area contributed by atoms with Gasteiger partial charge in [-0.15, -0.1) is 0 Å². The molecule has 0 aromatic carbocycles. The maximum atomic E-state index is 12.8. The molecule has 1 aliphatic carbocycles. The molecule has 0 bridgehead atoms. The summed E-state index contributed by atoms with van der Waals surface area (Å²) >= 11 is 0. The molecular formula is C45H73O13P. The zero-order valence-corrected chi connectivity index (χ0v) is 36.1. The topological polar surface area (TPSA) is 210 Å². The van der Waals surface area contributed by atoms with E-state index in [1.807, 2.05) is 18.2 Å². The summed E-state index contributed by atoms with van der Waals surface area (Å²) in [5.41, 5.74) is 0. The van der Waals surface area contributed by atoms with Crippen LogP contribution in [0, 0.1) is 0 Å². The van der Waals surface area contributed by atoms with Crippen molar-refractivity contribution >= 4 is 19.8 Å². The molecule has 6 N–H and O–H groups in total. The van der Waals surface area contributed by atoms with E-state index in [4.69, 9.17) is 18.5 Å². The molecule has 14 heteroatoms. The molecule has 336 valence electrons. The summed E-state index contributed by atoms with van der Waals surface area (Å²) in [7, 11) is -5.14. The Labute approximate surface area is 352 Å². The number of phosphoric acid groups is 1. The van der Waals surface area contributed by atoms with Gasteiger partial charge in [-0.05, 0) is 70.6 Å². The molecule has 0 amide bonds. The lowest BCUT2D eigenvalue weighted by atomic mass is 9.85. The van der Waals surface area contributed by atoms with Crippen LogP contribution in [0.25, 0.3) is 0 Å². The van der Waals surface area contributed by atoms with Crippen molar-refractivity contribution in [3.05, 3.63) is 85.1 Å². The van der Waals surface area contributed by atoms with Crippen LogP contribution in [0.3, 0.4) is 0 Å². The van der Waals surface area contributed by atoms with E-state index in [1.165, 1.54) is 12.8 Å². The molecule has 0 saturated heterocycles. The van der Waals surface area contributed by atoms with E-state index in [2.05, 4.69) is 80.7 Å². The van der Waals surface area contributed by atoms with Crippen molar-refractivity contribution in [2.24, 2.45) is 0 Å². The van der Waals surface area contributed by atoms with Gasteiger partial charge in [-0.1, -0.05) is 131 Å². The summed E-state index contributed by atoms with van der Waals surface area (Å²) in [6.45, 7) is 3.04.